The van der Waals surface area contributed by atoms with Crippen LogP contribution in [0.4, 0.5) is 0 Å². The van der Waals surface area contributed by atoms with E-state index in [9.17, 15) is 5.11 Å². The zero-order valence-corrected chi connectivity index (χ0v) is 15.5. The van der Waals surface area contributed by atoms with E-state index in [4.69, 9.17) is 4.74 Å². The van der Waals surface area contributed by atoms with Crippen LogP contribution in [0.25, 0.3) is 0 Å². The normalized spacial score (nSPS) is 11.3. The van der Waals surface area contributed by atoms with Gasteiger partial charge in [-0.1, -0.05) is 62.4 Å². The van der Waals surface area contributed by atoms with Crippen molar-refractivity contribution >= 4 is 0 Å². The van der Waals surface area contributed by atoms with Crippen molar-refractivity contribution in [1.29, 1.82) is 0 Å². The molecule has 0 bridgehead atoms. The molecule has 0 unspecified atom stereocenters. The van der Waals surface area contributed by atoms with Gasteiger partial charge < -0.3 is 9.84 Å². The Balaban J connectivity index is 1.64. The van der Waals surface area contributed by atoms with Crippen molar-refractivity contribution in [3.05, 3.63) is 90.0 Å². The molecule has 26 heavy (non-hydrogen) atoms. The Morgan fingerprint density at radius 1 is 0.808 bits per heavy atom. The third-order valence-electron chi connectivity index (χ3n) is 4.84. The minimum Gasteiger partial charge on any atom is -0.508 e. The number of aromatic hydroxyl groups is 1. The summed E-state index contributed by atoms with van der Waals surface area (Å²) in [4.78, 5) is 0. The molecule has 0 saturated carbocycles. The maximum Gasteiger partial charge on any atom is 0.130 e. The summed E-state index contributed by atoms with van der Waals surface area (Å²) in [5, 5.41) is 9.48. The van der Waals surface area contributed by atoms with E-state index >= 15 is 0 Å². The van der Waals surface area contributed by atoms with Crippen LogP contribution in [-0.4, -0.2) is 5.11 Å². The maximum atomic E-state index is 9.48. The molecule has 0 radical (unpaired) electrons. The lowest BCUT2D eigenvalue weighted by molar-refractivity contribution is 0.447. The van der Waals surface area contributed by atoms with Crippen molar-refractivity contribution in [2.45, 2.75) is 38.5 Å². The van der Waals surface area contributed by atoms with Crippen LogP contribution in [0.2, 0.25) is 0 Å². The summed E-state index contributed by atoms with van der Waals surface area (Å²) in [7, 11) is 0. The van der Waals surface area contributed by atoms with Crippen LogP contribution in [0.5, 0.6) is 17.2 Å². The largest absolute Gasteiger partial charge is 0.508 e. The van der Waals surface area contributed by atoms with Crippen LogP contribution in [0.1, 0.15) is 37.8 Å². The average Bonchev–Trinajstić information content (AvgIpc) is 2.64. The molecule has 2 nitrogen and oxygen atoms in total. The number of ether oxygens (including phenoxy) is 1. The van der Waals surface area contributed by atoms with Crippen molar-refractivity contribution in [2.24, 2.45) is 0 Å². The minimum absolute atomic E-state index is 0.0724. The van der Waals surface area contributed by atoms with Crippen LogP contribution >= 0.6 is 0 Å². The van der Waals surface area contributed by atoms with E-state index < -0.39 is 0 Å². The van der Waals surface area contributed by atoms with Gasteiger partial charge in [0.25, 0.3) is 0 Å². The first kappa shape index (κ1) is 18.1. The Morgan fingerprint density at radius 3 is 2.19 bits per heavy atom. The molecule has 0 saturated heterocycles. The fraction of sp³-hybridized carbons (Fsp3) is 0.250. The summed E-state index contributed by atoms with van der Waals surface area (Å²) >= 11 is 0. The number of hydrogen-bond acceptors (Lipinski definition) is 2. The van der Waals surface area contributed by atoms with Crippen molar-refractivity contribution < 1.29 is 9.84 Å². The van der Waals surface area contributed by atoms with Crippen LogP contribution in [0.15, 0.2) is 78.9 Å². The Hall–Kier alpha value is -2.74. The molecule has 0 aliphatic carbocycles. The molecule has 0 amide bonds. The zero-order chi connectivity index (χ0) is 18.4. The van der Waals surface area contributed by atoms with Crippen LogP contribution in [0, 0.1) is 0 Å². The van der Waals surface area contributed by atoms with Gasteiger partial charge in [0.05, 0.1) is 0 Å². The lowest BCUT2D eigenvalue weighted by atomic mass is 9.80. The number of hydrogen-bond donors (Lipinski definition) is 1. The number of rotatable bonds is 7. The second kappa shape index (κ2) is 8.09. The molecule has 0 atom stereocenters. The predicted molar refractivity (Wildman–Crippen MR) is 107 cm³/mol. The number of aryl methyl sites for hydroxylation is 1. The van der Waals surface area contributed by atoms with E-state index in [0.717, 1.165) is 30.8 Å². The third-order valence-corrected chi connectivity index (χ3v) is 4.84. The average molecular weight is 346 g/mol. The summed E-state index contributed by atoms with van der Waals surface area (Å²) in [6.07, 6.45) is 3.12. The SMILES string of the molecule is CC(C)(CCCc1ccccc1Oc1ccccc1)c1ccc(O)cc1. The highest BCUT2D eigenvalue weighted by molar-refractivity contribution is 5.38. The summed E-state index contributed by atoms with van der Waals surface area (Å²) < 4.78 is 6.06. The molecule has 0 aromatic heterocycles. The van der Waals surface area contributed by atoms with Gasteiger partial charge in [-0.15, -0.1) is 0 Å². The standard InChI is InChI=1S/C24H26O2/c1-24(2,20-14-16-21(25)17-15-20)18-8-10-19-9-6-7-13-23(19)26-22-11-4-3-5-12-22/h3-7,9,11-17,25H,8,10,18H2,1-2H3. The van der Waals surface area contributed by atoms with Gasteiger partial charge in [-0.25, -0.2) is 0 Å². The van der Waals surface area contributed by atoms with Gasteiger partial charge >= 0.3 is 0 Å². The van der Waals surface area contributed by atoms with Gasteiger partial charge in [-0.3, -0.25) is 0 Å². The topological polar surface area (TPSA) is 29.5 Å². The highest BCUT2D eigenvalue weighted by Gasteiger charge is 2.20. The van der Waals surface area contributed by atoms with Crippen molar-refractivity contribution in [3.63, 3.8) is 0 Å². The molecular formula is C24H26O2. The number of benzene rings is 3. The third kappa shape index (κ3) is 4.66. The summed E-state index contributed by atoms with van der Waals surface area (Å²) in [5.41, 5.74) is 2.56. The smallest absolute Gasteiger partial charge is 0.130 e. The van der Waals surface area contributed by atoms with Gasteiger partial charge in [0, 0.05) is 0 Å². The minimum atomic E-state index is 0.0724. The number of phenols is 1. The Labute approximate surface area is 156 Å². The molecule has 0 aliphatic rings. The number of phenolic OH excluding ortho intramolecular Hbond substituents is 1. The van der Waals surface area contributed by atoms with Gasteiger partial charge in [0.15, 0.2) is 0 Å². The molecule has 3 aromatic carbocycles. The van der Waals surface area contributed by atoms with E-state index in [2.05, 4.69) is 26.0 Å². The van der Waals surface area contributed by atoms with E-state index in [1.54, 1.807) is 12.1 Å². The molecule has 0 spiro atoms. The van der Waals surface area contributed by atoms with Crippen LogP contribution in [0.3, 0.4) is 0 Å². The van der Waals surface area contributed by atoms with E-state index in [-0.39, 0.29) is 5.41 Å². The van der Waals surface area contributed by atoms with Crippen molar-refractivity contribution in [1.82, 2.24) is 0 Å². The molecule has 134 valence electrons. The molecule has 0 heterocycles. The summed E-state index contributed by atoms with van der Waals surface area (Å²) in [5.74, 6) is 2.11. The molecule has 2 heteroatoms. The molecule has 3 aromatic rings. The second-order valence-corrected chi connectivity index (χ2v) is 7.31. The molecule has 1 N–H and O–H groups in total. The Morgan fingerprint density at radius 2 is 1.46 bits per heavy atom. The quantitative estimate of drug-likeness (QED) is 0.530. The highest BCUT2D eigenvalue weighted by atomic mass is 16.5. The molecule has 0 aliphatic heterocycles. The van der Waals surface area contributed by atoms with Gasteiger partial charge in [0.2, 0.25) is 0 Å². The molecule has 3 rings (SSSR count). The highest BCUT2D eigenvalue weighted by Crippen LogP contribution is 2.32. The monoisotopic (exact) mass is 346 g/mol. The molecular weight excluding hydrogens is 320 g/mol. The van der Waals surface area contributed by atoms with Crippen molar-refractivity contribution in [2.75, 3.05) is 0 Å². The Kier molecular flexibility index (Phi) is 5.62. The first-order chi connectivity index (χ1) is 12.5. The predicted octanol–water partition coefficient (Wildman–Crippen LogP) is 6.49. The zero-order valence-electron chi connectivity index (χ0n) is 15.5. The first-order valence-corrected chi connectivity index (χ1v) is 9.15. The number of para-hydroxylation sites is 2. The Bertz CT molecular complexity index is 820. The van der Waals surface area contributed by atoms with Crippen LogP contribution < -0.4 is 4.74 Å². The van der Waals surface area contributed by atoms with Crippen molar-refractivity contribution in [3.8, 4) is 17.2 Å². The maximum absolute atomic E-state index is 9.48. The van der Waals surface area contributed by atoms with Crippen LogP contribution in [-0.2, 0) is 11.8 Å². The van der Waals surface area contributed by atoms with E-state index in [1.807, 2.05) is 54.6 Å². The fourth-order valence-electron chi connectivity index (χ4n) is 3.20. The fourth-order valence-corrected chi connectivity index (χ4v) is 3.20. The van der Waals surface area contributed by atoms with E-state index in [1.165, 1.54) is 11.1 Å². The summed E-state index contributed by atoms with van der Waals surface area (Å²) in [6, 6.07) is 25.7. The van der Waals surface area contributed by atoms with E-state index in [0.29, 0.717) is 5.75 Å². The first-order valence-electron chi connectivity index (χ1n) is 9.15. The van der Waals surface area contributed by atoms with Gasteiger partial charge in [-0.2, -0.15) is 0 Å². The summed E-state index contributed by atoms with van der Waals surface area (Å²) in [6.45, 7) is 4.51. The van der Waals surface area contributed by atoms with Gasteiger partial charge in [-0.05, 0) is 66.1 Å². The molecule has 0 fully saturated rings. The van der Waals surface area contributed by atoms with Gasteiger partial charge in [0.1, 0.15) is 17.2 Å². The lowest BCUT2D eigenvalue weighted by Crippen LogP contribution is -2.17. The second-order valence-electron chi connectivity index (χ2n) is 7.31. The lowest BCUT2D eigenvalue weighted by Gasteiger charge is -2.25.